The van der Waals surface area contributed by atoms with Gasteiger partial charge in [0.25, 0.3) is 0 Å². The maximum Gasteiger partial charge on any atom is 0.348 e. The summed E-state index contributed by atoms with van der Waals surface area (Å²) in [4.78, 5) is 15.2. The Hall–Kier alpha value is -1.69. The van der Waals surface area contributed by atoms with Crippen molar-refractivity contribution in [3.8, 4) is 0 Å². The minimum absolute atomic E-state index is 0.170. The predicted molar refractivity (Wildman–Crippen MR) is 112 cm³/mol. The first-order chi connectivity index (χ1) is 13.1. The lowest BCUT2D eigenvalue weighted by atomic mass is 9.86. The molecule has 0 radical (unpaired) electrons. The van der Waals surface area contributed by atoms with Gasteiger partial charge in [-0.25, -0.2) is 4.79 Å². The van der Waals surface area contributed by atoms with Crippen LogP contribution in [0, 0.1) is 0 Å². The first kappa shape index (κ1) is 21.6. The number of esters is 1. The Morgan fingerprint density at radius 1 is 1.11 bits per heavy atom. The number of aliphatic hydroxyl groups is 1. The van der Waals surface area contributed by atoms with Gasteiger partial charge in [-0.15, -0.1) is 0 Å². The molecule has 1 N–H and O–H groups in total. The highest BCUT2D eigenvalue weighted by Gasteiger charge is 2.43. The second kappa shape index (κ2) is 10.6. The second-order valence-electron chi connectivity index (χ2n) is 6.42. The highest BCUT2D eigenvalue weighted by atomic mass is 79.9. The molecule has 1 unspecified atom stereocenters. The number of rotatable bonds is 5. The van der Waals surface area contributed by atoms with E-state index in [0.717, 1.165) is 31.4 Å². The zero-order chi connectivity index (χ0) is 19.7. The standard InChI is InChI=1S/C20H23NO3.C2H5Br/c1-2-21-14-13-18(15-21)24-19(22)20(23,16-9-5-3-6-10-16)17-11-7-4-8-12-17;1-2-3/h3-12,18,23H,2,13-15H2,1H3;2H2,1H3. The summed E-state index contributed by atoms with van der Waals surface area (Å²) in [6.45, 7) is 6.72. The fourth-order valence-corrected chi connectivity index (χ4v) is 3.18. The SMILES string of the molecule is CCBr.CCN1CCC(OC(=O)C(O)(c2ccccc2)c2ccccc2)C1. The number of hydrogen-bond acceptors (Lipinski definition) is 4. The van der Waals surface area contributed by atoms with E-state index in [-0.39, 0.29) is 6.10 Å². The lowest BCUT2D eigenvalue weighted by molar-refractivity contribution is -0.167. The van der Waals surface area contributed by atoms with E-state index in [4.69, 9.17) is 4.74 Å². The van der Waals surface area contributed by atoms with Crippen LogP contribution in [0.2, 0.25) is 0 Å². The van der Waals surface area contributed by atoms with Crippen LogP contribution in [0.25, 0.3) is 0 Å². The molecule has 1 heterocycles. The van der Waals surface area contributed by atoms with Gasteiger partial charge in [0.15, 0.2) is 0 Å². The van der Waals surface area contributed by atoms with Gasteiger partial charge in [-0.1, -0.05) is 90.4 Å². The van der Waals surface area contributed by atoms with Crippen molar-refractivity contribution in [2.45, 2.75) is 32.0 Å². The van der Waals surface area contributed by atoms with Crippen molar-refractivity contribution >= 4 is 21.9 Å². The van der Waals surface area contributed by atoms with Crippen LogP contribution in [-0.4, -0.2) is 47.0 Å². The summed E-state index contributed by atoms with van der Waals surface area (Å²) in [6, 6.07) is 18.0. The van der Waals surface area contributed by atoms with Gasteiger partial charge in [-0.05, 0) is 24.1 Å². The molecule has 0 aliphatic carbocycles. The molecule has 5 heteroatoms. The molecule has 3 rings (SSSR count). The van der Waals surface area contributed by atoms with Gasteiger partial charge in [-0.3, -0.25) is 4.90 Å². The van der Waals surface area contributed by atoms with E-state index in [9.17, 15) is 9.90 Å². The molecule has 0 spiro atoms. The molecule has 0 amide bonds. The first-order valence-electron chi connectivity index (χ1n) is 9.39. The van der Waals surface area contributed by atoms with Crippen LogP contribution in [-0.2, 0) is 15.1 Å². The van der Waals surface area contributed by atoms with Crippen molar-refractivity contribution in [3.63, 3.8) is 0 Å². The molecule has 1 fully saturated rings. The Labute approximate surface area is 170 Å². The Bertz CT molecular complexity index is 654. The zero-order valence-electron chi connectivity index (χ0n) is 16.0. The number of ether oxygens (including phenoxy) is 1. The van der Waals surface area contributed by atoms with E-state index >= 15 is 0 Å². The lowest BCUT2D eigenvalue weighted by Gasteiger charge is -2.28. The van der Waals surface area contributed by atoms with Crippen LogP contribution in [0.4, 0.5) is 0 Å². The van der Waals surface area contributed by atoms with E-state index < -0.39 is 11.6 Å². The van der Waals surface area contributed by atoms with Crippen LogP contribution in [0.1, 0.15) is 31.4 Å². The molecule has 0 saturated carbocycles. The number of halogens is 1. The summed E-state index contributed by atoms with van der Waals surface area (Å²) in [5, 5.41) is 12.4. The van der Waals surface area contributed by atoms with Crippen molar-refractivity contribution in [1.82, 2.24) is 4.90 Å². The second-order valence-corrected chi connectivity index (χ2v) is 7.54. The van der Waals surface area contributed by atoms with Gasteiger partial charge in [-0.2, -0.15) is 0 Å². The number of carbonyl (C=O) groups excluding carboxylic acids is 1. The highest BCUT2D eigenvalue weighted by molar-refractivity contribution is 9.09. The monoisotopic (exact) mass is 433 g/mol. The fourth-order valence-electron chi connectivity index (χ4n) is 3.18. The van der Waals surface area contributed by atoms with Gasteiger partial charge < -0.3 is 9.84 Å². The van der Waals surface area contributed by atoms with Crippen LogP contribution in [0.15, 0.2) is 60.7 Å². The topological polar surface area (TPSA) is 49.8 Å². The molecule has 1 aliphatic heterocycles. The number of nitrogens with zero attached hydrogens (tertiary/aromatic N) is 1. The van der Waals surface area contributed by atoms with Crippen molar-refractivity contribution in [3.05, 3.63) is 71.8 Å². The number of hydrogen-bond donors (Lipinski definition) is 1. The number of alkyl halides is 1. The average molecular weight is 434 g/mol. The molecule has 146 valence electrons. The summed E-state index contributed by atoms with van der Waals surface area (Å²) in [7, 11) is 0. The molecule has 1 atom stereocenters. The molecule has 2 aromatic rings. The van der Waals surface area contributed by atoms with E-state index in [2.05, 4.69) is 27.8 Å². The van der Waals surface area contributed by atoms with Gasteiger partial charge in [0.1, 0.15) is 6.10 Å². The molecular formula is C22H28BrNO3. The fraction of sp³-hybridized carbons (Fsp3) is 0.409. The van der Waals surface area contributed by atoms with Crippen LogP contribution in [0.3, 0.4) is 0 Å². The molecule has 0 aromatic heterocycles. The molecule has 1 saturated heterocycles. The summed E-state index contributed by atoms with van der Waals surface area (Å²) in [5.41, 5.74) is -0.750. The predicted octanol–water partition coefficient (Wildman–Crippen LogP) is 3.96. The Balaban J connectivity index is 0.000000817. The largest absolute Gasteiger partial charge is 0.458 e. The minimum Gasteiger partial charge on any atom is -0.458 e. The quantitative estimate of drug-likeness (QED) is 0.572. The van der Waals surface area contributed by atoms with Gasteiger partial charge in [0.2, 0.25) is 5.60 Å². The van der Waals surface area contributed by atoms with E-state index in [0.29, 0.717) is 11.1 Å². The van der Waals surface area contributed by atoms with Crippen LogP contribution < -0.4 is 0 Å². The number of carbonyl (C=O) groups is 1. The van der Waals surface area contributed by atoms with E-state index in [1.807, 2.05) is 43.3 Å². The van der Waals surface area contributed by atoms with Gasteiger partial charge in [0.05, 0.1) is 0 Å². The van der Waals surface area contributed by atoms with Gasteiger partial charge in [0, 0.05) is 18.4 Å². The number of likely N-dealkylation sites (N-methyl/N-ethyl adjacent to an activating group) is 1. The Morgan fingerprint density at radius 3 is 2.00 bits per heavy atom. The number of benzene rings is 2. The normalized spacial score (nSPS) is 17.1. The maximum atomic E-state index is 12.9. The van der Waals surface area contributed by atoms with E-state index in [1.54, 1.807) is 24.3 Å². The average Bonchev–Trinajstić information content (AvgIpc) is 3.17. The summed E-state index contributed by atoms with van der Waals surface area (Å²) in [5.74, 6) is -0.608. The smallest absolute Gasteiger partial charge is 0.348 e. The first-order valence-corrected chi connectivity index (χ1v) is 10.5. The molecule has 4 nitrogen and oxygen atoms in total. The number of likely N-dealkylation sites (tertiary alicyclic amines) is 1. The molecule has 2 aromatic carbocycles. The summed E-state index contributed by atoms with van der Waals surface area (Å²) < 4.78 is 5.69. The van der Waals surface area contributed by atoms with Crippen molar-refractivity contribution in [2.24, 2.45) is 0 Å². The van der Waals surface area contributed by atoms with Crippen molar-refractivity contribution < 1.29 is 14.6 Å². The van der Waals surface area contributed by atoms with Crippen molar-refractivity contribution in [2.75, 3.05) is 25.0 Å². The lowest BCUT2D eigenvalue weighted by Crippen LogP contribution is -2.41. The molecule has 27 heavy (non-hydrogen) atoms. The van der Waals surface area contributed by atoms with Gasteiger partial charge >= 0.3 is 5.97 Å². The minimum atomic E-state index is -1.79. The molecular weight excluding hydrogens is 406 g/mol. The van der Waals surface area contributed by atoms with Crippen molar-refractivity contribution in [1.29, 1.82) is 0 Å². The molecule has 1 aliphatic rings. The third-order valence-electron chi connectivity index (χ3n) is 4.63. The molecule has 0 bridgehead atoms. The Kier molecular flexibility index (Phi) is 8.48. The van der Waals surface area contributed by atoms with Crippen LogP contribution >= 0.6 is 15.9 Å². The highest BCUT2D eigenvalue weighted by Crippen LogP contribution is 2.32. The summed E-state index contributed by atoms with van der Waals surface area (Å²) >= 11 is 3.15. The third-order valence-corrected chi connectivity index (χ3v) is 4.63. The summed E-state index contributed by atoms with van der Waals surface area (Å²) in [6.07, 6.45) is 0.635. The third kappa shape index (κ3) is 5.41. The van der Waals surface area contributed by atoms with Crippen LogP contribution in [0.5, 0.6) is 0 Å². The van der Waals surface area contributed by atoms with E-state index in [1.165, 1.54) is 0 Å². The Morgan fingerprint density at radius 2 is 1.59 bits per heavy atom. The maximum absolute atomic E-state index is 12.9. The zero-order valence-corrected chi connectivity index (χ0v) is 17.6.